The number of anilines is 2. The second-order valence-electron chi connectivity index (χ2n) is 8.74. The van der Waals surface area contributed by atoms with Crippen LogP contribution in [0.3, 0.4) is 0 Å². The van der Waals surface area contributed by atoms with Gasteiger partial charge in [-0.25, -0.2) is 13.8 Å². The van der Waals surface area contributed by atoms with Gasteiger partial charge in [0.25, 0.3) is 0 Å². The highest BCUT2D eigenvalue weighted by Crippen LogP contribution is 2.37. The van der Waals surface area contributed by atoms with Crippen LogP contribution in [0.1, 0.15) is 35.4 Å². The summed E-state index contributed by atoms with van der Waals surface area (Å²) in [5, 5.41) is 29.3. The van der Waals surface area contributed by atoms with Gasteiger partial charge in [-0.2, -0.15) is 10.4 Å². The molecule has 3 aromatic rings. The topological polar surface area (TPSA) is 118 Å². The van der Waals surface area contributed by atoms with E-state index in [-0.39, 0.29) is 47.9 Å². The molecule has 35 heavy (non-hydrogen) atoms. The smallest absolute Gasteiger partial charge is 0.310 e. The number of pyridine rings is 1. The third kappa shape index (κ3) is 5.26. The van der Waals surface area contributed by atoms with Crippen LogP contribution < -0.4 is 5.32 Å². The van der Waals surface area contributed by atoms with Crippen LogP contribution in [0.4, 0.5) is 20.4 Å². The van der Waals surface area contributed by atoms with Gasteiger partial charge >= 0.3 is 5.97 Å². The molecule has 11 heteroatoms. The predicted octanol–water partition coefficient (Wildman–Crippen LogP) is 4.57. The van der Waals surface area contributed by atoms with Crippen molar-refractivity contribution in [3.05, 3.63) is 69.5 Å². The zero-order valence-corrected chi connectivity index (χ0v) is 19.7. The molecule has 0 amide bonds. The predicted molar refractivity (Wildman–Crippen MR) is 125 cm³/mol. The Morgan fingerprint density at radius 1 is 1.29 bits per heavy atom. The van der Waals surface area contributed by atoms with Crippen molar-refractivity contribution in [1.82, 2.24) is 20.1 Å². The van der Waals surface area contributed by atoms with Crippen molar-refractivity contribution >= 4 is 29.2 Å². The van der Waals surface area contributed by atoms with Crippen molar-refractivity contribution in [2.24, 2.45) is 5.41 Å². The second-order valence-corrected chi connectivity index (χ2v) is 9.15. The fourth-order valence-electron chi connectivity index (χ4n) is 4.30. The molecule has 1 aliphatic rings. The number of carbonyl (C=O) groups is 1. The Balaban J connectivity index is 1.54. The number of aliphatic carboxylic acids is 1. The summed E-state index contributed by atoms with van der Waals surface area (Å²) in [4.78, 5) is 18.6. The molecule has 8 nitrogen and oxygen atoms in total. The van der Waals surface area contributed by atoms with E-state index in [1.54, 1.807) is 24.3 Å². The Morgan fingerprint density at radius 3 is 2.66 bits per heavy atom. The number of nitriles is 1. The summed E-state index contributed by atoms with van der Waals surface area (Å²) >= 11 is 5.87. The number of likely N-dealkylation sites (tertiary alicyclic amines) is 1. The third-order valence-electron chi connectivity index (χ3n) is 6.31. The van der Waals surface area contributed by atoms with Gasteiger partial charge in [0.05, 0.1) is 21.7 Å². The van der Waals surface area contributed by atoms with E-state index in [9.17, 15) is 19.6 Å². The highest BCUT2D eigenvalue weighted by atomic mass is 35.5. The zero-order chi connectivity index (χ0) is 25.2. The lowest BCUT2D eigenvalue weighted by Crippen LogP contribution is -2.45. The van der Waals surface area contributed by atoms with Crippen molar-refractivity contribution in [3.8, 4) is 6.07 Å². The number of carboxylic acids is 1. The van der Waals surface area contributed by atoms with Gasteiger partial charge < -0.3 is 10.4 Å². The van der Waals surface area contributed by atoms with Crippen molar-refractivity contribution in [1.29, 1.82) is 5.26 Å². The third-order valence-corrected chi connectivity index (χ3v) is 6.60. The molecular weight excluding hydrogens is 478 g/mol. The number of hydrogen-bond acceptors (Lipinski definition) is 6. The van der Waals surface area contributed by atoms with E-state index in [4.69, 9.17) is 11.6 Å². The van der Waals surface area contributed by atoms with E-state index < -0.39 is 23.0 Å². The van der Waals surface area contributed by atoms with Crippen LogP contribution in [0.5, 0.6) is 0 Å². The number of rotatable bonds is 7. The first-order valence-corrected chi connectivity index (χ1v) is 11.4. The van der Waals surface area contributed by atoms with Gasteiger partial charge in [0, 0.05) is 36.4 Å². The Hall–Kier alpha value is -3.55. The number of piperidine rings is 1. The zero-order valence-electron chi connectivity index (χ0n) is 18.9. The maximum absolute atomic E-state index is 15.0. The van der Waals surface area contributed by atoms with Crippen LogP contribution in [0.25, 0.3) is 0 Å². The minimum atomic E-state index is -1.27. The number of nitrogens with one attached hydrogen (secondary N) is 2. The maximum Gasteiger partial charge on any atom is 0.310 e. The van der Waals surface area contributed by atoms with Gasteiger partial charge in [-0.1, -0.05) is 23.7 Å². The van der Waals surface area contributed by atoms with Crippen LogP contribution >= 0.6 is 11.6 Å². The molecule has 0 unspecified atom stereocenters. The number of benzene rings is 1. The lowest BCUT2D eigenvalue weighted by Gasteiger charge is -2.39. The molecular formula is C24H23ClF2N6O2. The molecule has 0 spiro atoms. The number of H-pyrrole nitrogens is 1. The highest BCUT2D eigenvalue weighted by molar-refractivity contribution is 6.30. The fraction of sp³-hybridized carbons (Fsp3) is 0.333. The molecule has 1 aromatic carbocycles. The molecule has 0 radical (unpaired) electrons. The molecule has 0 bridgehead atoms. The first-order chi connectivity index (χ1) is 16.7. The highest BCUT2D eigenvalue weighted by Gasteiger charge is 2.43. The Bertz CT molecular complexity index is 1300. The molecule has 4 rings (SSSR count). The summed E-state index contributed by atoms with van der Waals surface area (Å²) in [6.07, 6.45) is 0.241. The number of nitrogens with zero attached hydrogens (tertiary/aromatic N) is 4. The van der Waals surface area contributed by atoms with Gasteiger partial charge in [0.15, 0.2) is 11.6 Å². The van der Waals surface area contributed by atoms with Crippen LogP contribution in [-0.4, -0.2) is 44.2 Å². The van der Waals surface area contributed by atoms with E-state index in [1.807, 2.05) is 11.8 Å². The summed E-state index contributed by atoms with van der Waals surface area (Å²) in [5.41, 5.74) is -0.385. The summed E-state index contributed by atoms with van der Waals surface area (Å²) in [5.74, 6) is -1.76. The number of halogens is 3. The number of aromatic amines is 1. The van der Waals surface area contributed by atoms with E-state index in [2.05, 4.69) is 20.5 Å². The normalized spacial score (nSPS) is 15.5. The van der Waals surface area contributed by atoms with Crippen molar-refractivity contribution in [3.63, 3.8) is 0 Å². The van der Waals surface area contributed by atoms with E-state index in [0.717, 1.165) is 5.69 Å². The first-order valence-electron chi connectivity index (χ1n) is 11.0. The minimum absolute atomic E-state index is 0.0349. The number of aryl methyl sites for hydroxylation is 1. The molecule has 1 saturated heterocycles. The first kappa shape index (κ1) is 24.6. The average molecular weight is 501 g/mol. The summed E-state index contributed by atoms with van der Waals surface area (Å²) < 4.78 is 29.3. The molecule has 1 aliphatic heterocycles. The molecule has 3 heterocycles. The molecule has 3 N–H and O–H groups in total. The monoisotopic (exact) mass is 500 g/mol. The Morgan fingerprint density at radius 2 is 2.03 bits per heavy atom. The number of hydrogen-bond donors (Lipinski definition) is 3. The Kier molecular flexibility index (Phi) is 7.00. The SMILES string of the molecule is Cc1cc(Nc2cc(C#N)c(F)c(CC3(C(=O)O)CCN(Cc4cccc(Cl)c4F)CC3)n2)n[nH]1. The minimum Gasteiger partial charge on any atom is -0.481 e. The van der Waals surface area contributed by atoms with E-state index in [1.165, 1.54) is 12.1 Å². The molecule has 182 valence electrons. The molecule has 0 aliphatic carbocycles. The molecule has 0 atom stereocenters. The van der Waals surface area contributed by atoms with Gasteiger partial charge in [-0.05, 0) is 38.9 Å². The maximum atomic E-state index is 15.0. The molecule has 2 aromatic heterocycles. The van der Waals surface area contributed by atoms with Gasteiger partial charge in [-0.15, -0.1) is 0 Å². The fourth-order valence-corrected chi connectivity index (χ4v) is 4.49. The van der Waals surface area contributed by atoms with Crippen molar-refractivity contribution < 1.29 is 18.7 Å². The lowest BCUT2D eigenvalue weighted by atomic mass is 9.74. The van der Waals surface area contributed by atoms with Crippen molar-refractivity contribution in [2.45, 2.75) is 32.7 Å². The van der Waals surface area contributed by atoms with Gasteiger partial charge in [0.2, 0.25) is 0 Å². The largest absolute Gasteiger partial charge is 0.481 e. The summed E-state index contributed by atoms with van der Waals surface area (Å²) in [7, 11) is 0. The van der Waals surface area contributed by atoms with E-state index >= 15 is 4.39 Å². The molecule has 1 fully saturated rings. The van der Waals surface area contributed by atoms with E-state index in [0.29, 0.717) is 24.5 Å². The second kappa shape index (κ2) is 9.98. The summed E-state index contributed by atoms with van der Waals surface area (Å²) in [6.45, 7) is 2.84. The van der Waals surface area contributed by atoms with Crippen molar-refractivity contribution in [2.75, 3.05) is 18.4 Å². The van der Waals surface area contributed by atoms with Gasteiger partial charge in [0.1, 0.15) is 17.7 Å². The Labute approximate surface area is 205 Å². The van der Waals surface area contributed by atoms with Crippen LogP contribution in [0.15, 0.2) is 30.3 Å². The number of aromatic nitrogens is 3. The standard InChI is InChI=1S/C24H23ClF2N6O2/c1-14-9-20(32-31-14)30-19-10-16(12-28)22(27)18(29-19)11-24(23(34)35)5-7-33(8-6-24)13-15-3-2-4-17(25)21(15)26/h2-4,9-10H,5-8,11,13H2,1H3,(H,34,35)(H2,29,30,31,32). The summed E-state index contributed by atoms with van der Waals surface area (Å²) in [6, 6.07) is 9.56. The quantitative estimate of drug-likeness (QED) is 0.435. The van der Waals surface area contributed by atoms with Crippen LogP contribution in [0, 0.1) is 35.3 Å². The average Bonchev–Trinajstić information content (AvgIpc) is 3.24. The van der Waals surface area contributed by atoms with Crippen LogP contribution in [-0.2, 0) is 17.8 Å². The number of carboxylic acid groups (broad SMARTS) is 1. The lowest BCUT2D eigenvalue weighted by molar-refractivity contribution is -0.152. The van der Waals surface area contributed by atoms with Crippen LogP contribution in [0.2, 0.25) is 5.02 Å². The van der Waals surface area contributed by atoms with Gasteiger partial charge in [-0.3, -0.25) is 14.8 Å². The molecule has 0 saturated carbocycles.